The molecule has 0 heterocycles. The van der Waals surface area contributed by atoms with E-state index in [9.17, 15) is 4.79 Å². The van der Waals surface area contributed by atoms with Crippen LogP contribution < -0.4 is 20.9 Å². The average molecular weight is 384 g/mol. The van der Waals surface area contributed by atoms with E-state index in [1.54, 1.807) is 0 Å². The molecule has 28 heavy (non-hydrogen) atoms. The van der Waals surface area contributed by atoms with E-state index in [4.69, 9.17) is 4.74 Å². The fraction of sp³-hybridized carbons (Fsp3) is 0.435. The number of hydrogen-bond acceptors (Lipinski definition) is 4. The smallest absolute Gasteiger partial charge is 0.235 e. The van der Waals surface area contributed by atoms with Gasteiger partial charge in [0, 0.05) is 12.6 Å². The Balaban J connectivity index is 1.88. The third-order valence-corrected chi connectivity index (χ3v) is 5.08. The third-order valence-electron chi connectivity index (χ3n) is 5.08. The van der Waals surface area contributed by atoms with Gasteiger partial charge in [-0.05, 0) is 60.2 Å². The Hall–Kier alpha value is -2.69. The maximum absolute atomic E-state index is 10.9. The van der Waals surface area contributed by atoms with Gasteiger partial charge in [0.2, 0.25) is 5.91 Å². The largest absolute Gasteiger partial charge is 0.489 e. The number of ether oxygens (including phenoxy) is 1. The lowest BCUT2D eigenvalue weighted by Crippen LogP contribution is -2.26. The second-order valence-electron chi connectivity index (χ2n) is 7.67. The molecule has 0 saturated carbocycles. The van der Waals surface area contributed by atoms with E-state index in [1.807, 2.05) is 24.3 Å². The van der Waals surface area contributed by atoms with Gasteiger partial charge in [-0.3, -0.25) is 15.6 Å². The molecule has 0 aliphatic carbocycles. The first kappa shape index (κ1) is 21.6. The Morgan fingerprint density at radius 1 is 1.00 bits per heavy atom. The molecule has 152 valence electrons. The average Bonchev–Trinajstić information content (AvgIpc) is 2.70. The lowest BCUT2D eigenvalue weighted by molar-refractivity contribution is -0.118. The van der Waals surface area contributed by atoms with Crippen molar-refractivity contribution in [2.24, 2.45) is 0 Å². The maximum atomic E-state index is 10.9. The summed E-state index contributed by atoms with van der Waals surface area (Å²) in [6, 6.07) is 16.2. The molecule has 0 bridgehead atoms. The maximum Gasteiger partial charge on any atom is 0.235 e. The topological polar surface area (TPSA) is 62.4 Å². The number of amides is 1. The standard InChI is InChI=1S/C23H33N3O2/c1-6-21(28-22-14-8-18(9-15-22)23(4,5)7-2)16-24-19-10-12-20(13-11-19)26-25-17(3)27/h8-15,21,24,26H,6-7,16H2,1-5H3,(H,25,27). The van der Waals surface area contributed by atoms with Crippen LogP contribution in [0, 0.1) is 0 Å². The van der Waals surface area contributed by atoms with Gasteiger partial charge in [-0.2, -0.15) is 0 Å². The normalized spacial score (nSPS) is 12.2. The first-order chi connectivity index (χ1) is 13.3. The zero-order valence-electron chi connectivity index (χ0n) is 17.6. The highest BCUT2D eigenvalue weighted by molar-refractivity contribution is 5.74. The van der Waals surface area contributed by atoms with Gasteiger partial charge in [-0.15, -0.1) is 0 Å². The summed E-state index contributed by atoms with van der Waals surface area (Å²) in [4.78, 5) is 10.9. The Morgan fingerprint density at radius 2 is 1.61 bits per heavy atom. The summed E-state index contributed by atoms with van der Waals surface area (Å²) >= 11 is 0. The Labute approximate surface area is 168 Å². The van der Waals surface area contributed by atoms with Crippen molar-refractivity contribution in [1.82, 2.24) is 5.43 Å². The molecule has 0 spiro atoms. The minimum atomic E-state index is -0.128. The van der Waals surface area contributed by atoms with Gasteiger partial charge in [0.1, 0.15) is 11.9 Å². The van der Waals surface area contributed by atoms with E-state index < -0.39 is 0 Å². The van der Waals surface area contributed by atoms with Gasteiger partial charge in [0.25, 0.3) is 0 Å². The van der Waals surface area contributed by atoms with Crippen LogP contribution in [0.25, 0.3) is 0 Å². The summed E-state index contributed by atoms with van der Waals surface area (Å²) in [6.45, 7) is 11.0. The molecule has 5 nitrogen and oxygen atoms in total. The zero-order valence-corrected chi connectivity index (χ0v) is 17.6. The second kappa shape index (κ2) is 10.0. The summed E-state index contributed by atoms with van der Waals surface area (Å²) in [5, 5.41) is 3.41. The molecule has 1 amide bonds. The highest BCUT2D eigenvalue weighted by Crippen LogP contribution is 2.28. The number of rotatable bonds is 10. The van der Waals surface area contributed by atoms with Crippen LogP contribution >= 0.6 is 0 Å². The van der Waals surface area contributed by atoms with Crippen LogP contribution in [-0.4, -0.2) is 18.6 Å². The summed E-state index contributed by atoms with van der Waals surface area (Å²) in [6.07, 6.45) is 2.10. The fourth-order valence-electron chi connectivity index (χ4n) is 2.71. The molecule has 1 atom stereocenters. The number of anilines is 2. The molecule has 0 aliphatic rings. The third kappa shape index (κ3) is 6.48. The molecule has 0 saturated heterocycles. The van der Waals surface area contributed by atoms with E-state index in [-0.39, 0.29) is 17.4 Å². The highest BCUT2D eigenvalue weighted by atomic mass is 16.5. The van der Waals surface area contributed by atoms with Gasteiger partial charge < -0.3 is 10.1 Å². The van der Waals surface area contributed by atoms with Crippen molar-refractivity contribution in [3.05, 3.63) is 54.1 Å². The molecule has 0 aromatic heterocycles. The lowest BCUT2D eigenvalue weighted by atomic mass is 9.82. The first-order valence-electron chi connectivity index (χ1n) is 9.97. The van der Waals surface area contributed by atoms with Gasteiger partial charge in [0.05, 0.1) is 12.2 Å². The summed E-state index contributed by atoms with van der Waals surface area (Å²) < 4.78 is 6.15. The molecule has 2 rings (SSSR count). The number of benzene rings is 2. The van der Waals surface area contributed by atoms with E-state index in [2.05, 4.69) is 68.1 Å². The van der Waals surface area contributed by atoms with Crippen LogP contribution in [0.4, 0.5) is 11.4 Å². The minimum absolute atomic E-state index is 0.0854. The predicted octanol–water partition coefficient (Wildman–Crippen LogP) is 5.11. The molecule has 2 aromatic carbocycles. The molecule has 0 radical (unpaired) electrons. The lowest BCUT2D eigenvalue weighted by Gasteiger charge is -2.24. The van der Waals surface area contributed by atoms with Gasteiger partial charge in [0.15, 0.2) is 0 Å². The van der Waals surface area contributed by atoms with Crippen LogP contribution in [0.2, 0.25) is 0 Å². The fourth-order valence-corrected chi connectivity index (χ4v) is 2.71. The second-order valence-corrected chi connectivity index (χ2v) is 7.67. The summed E-state index contributed by atoms with van der Waals surface area (Å²) in [7, 11) is 0. The number of carbonyl (C=O) groups excluding carboxylic acids is 1. The molecular weight excluding hydrogens is 350 g/mol. The minimum Gasteiger partial charge on any atom is -0.489 e. The van der Waals surface area contributed by atoms with Crippen LogP contribution in [-0.2, 0) is 10.2 Å². The Bertz CT molecular complexity index is 739. The molecule has 5 heteroatoms. The predicted molar refractivity (Wildman–Crippen MR) is 117 cm³/mol. The first-order valence-corrected chi connectivity index (χ1v) is 9.97. The van der Waals surface area contributed by atoms with Crippen molar-refractivity contribution in [2.45, 2.75) is 59.0 Å². The molecule has 2 aromatic rings. The number of nitrogens with one attached hydrogen (secondary N) is 3. The summed E-state index contributed by atoms with van der Waals surface area (Å²) in [5.74, 6) is 0.774. The summed E-state index contributed by atoms with van der Waals surface area (Å²) in [5.41, 5.74) is 8.77. The van der Waals surface area contributed by atoms with Gasteiger partial charge in [-0.25, -0.2) is 0 Å². The van der Waals surface area contributed by atoms with Crippen molar-refractivity contribution in [3.63, 3.8) is 0 Å². The zero-order chi connectivity index (χ0) is 20.6. The molecule has 0 fully saturated rings. The van der Waals surface area contributed by atoms with E-state index in [1.165, 1.54) is 12.5 Å². The quantitative estimate of drug-likeness (QED) is 0.499. The van der Waals surface area contributed by atoms with Crippen molar-refractivity contribution in [1.29, 1.82) is 0 Å². The van der Waals surface area contributed by atoms with Crippen LogP contribution in [0.5, 0.6) is 5.75 Å². The SMILES string of the molecule is CCC(CNc1ccc(NNC(C)=O)cc1)Oc1ccc(C(C)(C)CC)cc1. The van der Waals surface area contributed by atoms with E-state index in [0.717, 1.165) is 36.5 Å². The van der Waals surface area contributed by atoms with E-state index in [0.29, 0.717) is 0 Å². The van der Waals surface area contributed by atoms with Crippen molar-refractivity contribution < 1.29 is 9.53 Å². The molecule has 1 unspecified atom stereocenters. The highest BCUT2D eigenvalue weighted by Gasteiger charge is 2.18. The van der Waals surface area contributed by atoms with Crippen molar-refractivity contribution >= 4 is 17.3 Å². The molecule has 0 aliphatic heterocycles. The Kier molecular flexibility index (Phi) is 7.73. The van der Waals surface area contributed by atoms with Crippen molar-refractivity contribution in [3.8, 4) is 5.75 Å². The van der Waals surface area contributed by atoms with Crippen LogP contribution in [0.15, 0.2) is 48.5 Å². The Morgan fingerprint density at radius 3 is 2.14 bits per heavy atom. The number of hydrogen-bond donors (Lipinski definition) is 3. The number of carbonyl (C=O) groups is 1. The van der Waals surface area contributed by atoms with Crippen LogP contribution in [0.3, 0.4) is 0 Å². The van der Waals surface area contributed by atoms with E-state index >= 15 is 0 Å². The van der Waals surface area contributed by atoms with Gasteiger partial charge in [-0.1, -0.05) is 39.8 Å². The van der Waals surface area contributed by atoms with Crippen molar-refractivity contribution in [2.75, 3.05) is 17.3 Å². The molecular formula is C23H33N3O2. The van der Waals surface area contributed by atoms with Crippen LogP contribution in [0.1, 0.15) is 53.0 Å². The monoisotopic (exact) mass is 383 g/mol. The molecule has 3 N–H and O–H groups in total. The number of hydrazine groups is 1. The van der Waals surface area contributed by atoms with Gasteiger partial charge >= 0.3 is 0 Å².